The minimum atomic E-state index is -4.96. The minimum absolute atomic E-state index is 0.107. The smallest absolute Gasteiger partial charge is 0.462 e. The first kappa shape index (κ1) is 97.1. The number of esters is 4. The topological polar surface area (TPSA) is 237 Å². The van der Waals surface area contributed by atoms with Gasteiger partial charge in [0.2, 0.25) is 0 Å². The average molecular weight is 1450 g/mol. The van der Waals surface area contributed by atoms with E-state index >= 15 is 0 Å². The lowest BCUT2D eigenvalue weighted by Gasteiger charge is -2.21. The van der Waals surface area contributed by atoms with Gasteiger partial charge in [-0.1, -0.05) is 363 Å². The molecule has 0 aromatic heterocycles. The lowest BCUT2D eigenvalue weighted by Crippen LogP contribution is -2.30. The van der Waals surface area contributed by atoms with Crippen molar-refractivity contribution in [2.45, 2.75) is 433 Å². The number of rotatable bonds is 78. The maximum atomic E-state index is 13.1. The Morgan fingerprint density at radius 3 is 0.768 bits per heavy atom. The number of phosphoric acid groups is 2. The molecule has 0 radical (unpaired) electrons. The molecular formula is C80H156O17P2. The zero-order valence-electron chi connectivity index (χ0n) is 65.0. The first-order valence-electron chi connectivity index (χ1n) is 41.4. The summed E-state index contributed by atoms with van der Waals surface area (Å²) < 4.78 is 68.7. The Labute approximate surface area is 607 Å². The normalized spacial score (nSPS) is 14.5. The third-order valence-electron chi connectivity index (χ3n) is 19.4. The first-order valence-corrected chi connectivity index (χ1v) is 44.4. The number of aliphatic hydroxyl groups is 1. The highest BCUT2D eigenvalue weighted by Crippen LogP contribution is 2.45. The van der Waals surface area contributed by atoms with E-state index in [0.717, 1.165) is 108 Å². The molecule has 0 fully saturated rings. The Balaban J connectivity index is 5.25. The summed E-state index contributed by atoms with van der Waals surface area (Å²) in [5, 5.41) is 10.6. The first-order chi connectivity index (χ1) is 47.8. The van der Waals surface area contributed by atoms with Crippen LogP contribution in [0.4, 0.5) is 0 Å². The highest BCUT2D eigenvalue weighted by molar-refractivity contribution is 7.47. The molecule has 19 heteroatoms. The van der Waals surface area contributed by atoms with E-state index in [1.54, 1.807) is 0 Å². The van der Waals surface area contributed by atoms with Gasteiger partial charge in [0.15, 0.2) is 12.2 Å². The van der Waals surface area contributed by atoms with E-state index in [2.05, 4.69) is 48.5 Å². The van der Waals surface area contributed by atoms with Crippen molar-refractivity contribution in [3.05, 3.63) is 0 Å². The monoisotopic (exact) mass is 1450 g/mol. The van der Waals surface area contributed by atoms with Crippen molar-refractivity contribution < 1.29 is 80.2 Å². The van der Waals surface area contributed by atoms with Crippen LogP contribution < -0.4 is 0 Å². The highest BCUT2D eigenvalue weighted by Gasteiger charge is 2.30. The molecule has 4 unspecified atom stereocenters. The van der Waals surface area contributed by atoms with Crippen molar-refractivity contribution in [3.63, 3.8) is 0 Å². The summed E-state index contributed by atoms with van der Waals surface area (Å²) >= 11 is 0. The third-order valence-corrected chi connectivity index (χ3v) is 21.3. The molecule has 0 aromatic carbocycles. The molecule has 0 amide bonds. The van der Waals surface area contributed by atoms with E-state index in [-0.39, 0.29) is 25.7 Å². The Morgan fingerprint density at radius 2 is 0.515 bits per heavy atom. The van der Waals surface area contributed by atoms with Crippen LogP contribution in [0.15, 0.2) is 0 Å². The SMILES string of the molecule is CCCCCCCCCCCCCCCC(=O)O[C@H](COC(=O)CCCCCCCCCC(C)C)COP(=O)(O)OC[C@H](O)COP(=O)(O)OC[C@@H](COC(=O)CCCCCCCCCCCCCCCCC(C)CC)OC(=O)CCCCCCCCCCCCCCCCC(C)CC. The minimum Gasteiger partial charge on any atom is -0.462 e. The standard InChI is InChI=1S/C80H156O17P2/c1-8-11-12-13-14-15-16-21-29-34-41-49-56-63-79(84)97-76(68-91-78(83)62-55-48-43-36-37-44-51-58-71(4)5)70-95-99(88,89)93-66-74(81)65-92-98(86,87)94-69-75(96-80(85)64-57-50-42-35-30-25-20-18-23-27-32-39-46-53-60-73(7)10-3)67-90-77(82)61-54-47-40-33-28-24-19-17-22-26-31-38-45-52-59-72(6)9-2/h71-76,81H,8-70H2,1-7H3,(H,86,87)(H,88,89)/t72?,73?,74-,75-,76-/m1/s1. The van der Waals surface area contributed by atoms with Crippen LogP contribution in [-0.2, 0) is 65.4 Å². The van der Waals surface area contributed by atoms with Crippen molar-refractivity contribution in [2.75, 3.05) is 39.6 Å². The largest absolute Gasteiger partial charge is 0.472 e. The van der Waals surface area contributed by atoms with Gasteiger partial charge in [-0.2, -0.15) is 0 Å². The molecule has 0 heterocycles. The molecule has 0 aliphatic rings. The number of carbonyl (C=O) groups excluding carboxylic acids is 4. The van der Waals surface area contributed by atoms with E-state index in [1.807, 2.05) is 0 Å². The van der Waals surface area contributed by atoms with Gasteiger partial charge in [-0.05, 0) is 43.4 Å². The van der Waals surface area contributed by atoms with Crippen molar-refractivity contribution in [3.8, 4) is 0 Å². The molecule has 0 spiro atoms. The van der Waals surface area contributed by atoms with Gasteiger partial charge in [-0.3, -0.25) is 37.3 Å². The molecule has 0 aliphatic heterocycles. The van der Waals surface area contributed by atoms with Crippen molar-refractivity contribution in [2.24, 2.45) is 17.8 Å². The number of carbonyl (C=O) groups is 4. The Hall–Kier alpha value is -1.94. The molecule has 0 saturated carbocycles. The second-order valence-electron chi connectivity index (χ2n) is 29.8. The summed E-state index contributed by atoms with van der Waals surface area (Å²) in [6.07, 6.45) is 58.1. The van der Waals surface area contributed by atoms with E-state index < -0.39 is 97.5 Å². The van der Waals surface area contributed by atoms with Crippen LogP contribution in [0, 0.1) is 17.8 Å². The van der Waals surface area contributed by atoms with Gasteiger partial charge >= 0.3 is 39.5 Å². The van der Waals surface area contributed by atoms with E-state index in [0.29, 0.717) is 31.6 Å². The zero-order chi connectivity index (χ0) is 73.0. The van der Waals surface area contributed by atoms with Crippen molar-refractivity contribution in [1.29, 1.82) is 0 Å². The highest BCUT2D eigenvalue weighted by atomic mass is 31.2. The Morgan fingerprint density at radius 1 is 0.293 bits per heavy atom. The van der Waals surface area contributed by atoms with Gasteiger partial charge in [0.1, 0.15) is 19.3 Å². The molecule has 99 heavy (non-hydrogen) atoms. The molecule has 7 atom stereocenters. The van der Waals surface area contributed by atoms with Gasteiger partial charge in [0.25, 0.3) is 0 Å². The van der Waals surface area contributed by atoms with Gasteiger partial charge in [-0.15, -0.1) is 0 Å². The van der Waals surface area contributed by atoms with Crippen molar-refractivity contribution >= 4 is 39.5 Å². The van der Waals surface area contributed by atoms with Gasteiger partial charge in [0.05, 0.1) is 26.4 Å². The fraction of sp³-hybridized carbons (Fsp3) is 0.950. The molecule has 0 bridgehead atoms. The quantitative estimate of drug-likeness (QED) is 0.0222. The molecule has 0 aliphatic carbocycles. The summed E-state index contributed by atoms with van der Waals surface area (Å²) in [6, 6.07) is 0. The van der Waals surface area contributed by atoms with Crippen LogP contribution in [-0.4, -0.2) is 96.7 Å². The maximum absolute atomic E-state index is 13.1. The number of ether oxygens (including phenoxy) is 4. The van der Waals surface area contributed by atoms with E-state index in [4.69, 9.17) is 37.0 Å². The van der Waals surface area contributed by atoms with Crippen LogP contribution in [0.2, 0.25) is 0 Å². The van der Waals surface area contributed by atoms with E-state index in [9.17, 15) is 43.2 Å². The molecular weight excluding hydrogens is 1290 g/mol. The second kappa shape index (κ2) is 70.4. The molecule has 17 nitrogen and oxygen atoms in total. The molecule has 0 saturated heterocycles. The Kier molecular flexibility index (Phi) is 69.0. The van der Waals surface area contributed by atoms with Crippen LogP contribution in [0.1, 0.15) is 414 Å². The number of unbranched alkanes of at least 4 members (excludes halogenated alkanes) is 44. The lowest BCUT2D eigenvalue weighted by molar-refractivity contribution is -0.161. The number of phosphoric ester groups is 2. The fourth-order valence-corrected chi connectivity index (χ4v) is 13.8. The number of hydrogen-bond donors (Lipinski definition) is 3. The molecule has 3 N–H and O–H groups in total. The zero-order valence-corrected chi connectivity index (χ0v) is 66.8. The average Bonchev–Trinajstić information content (AvgIpc) is 1.10. The summed E-state index contributed by atoms with van der Waals surface area (Å²) in [7, 11) is -9.92. The van der Waals surface area contributed by atoms with Gasteiger partial charge in [0, 0.05) is 25.7 Å². The summed E-state index contributed by atoms with van der Waals surface area (Å²) in [4.78, 5) is 73.0. The number of aliphatic hydroxyl groups excluding tert-OH is 1. The summed E-state index contributed by atoms with van der Waals surface area (Å²) in [6.45, 7) is 12.0. The third kappa shape index (κ3) is 71.5. The van der Waals surface area contributed by atoms with Gasteiger partial charge < -0.3 is 33.8 Å². The molecule has 588 valence electrons. The van der Waals surface area contributed by atoms with Crippen LogP contribution >= 0.6 is 15.6 Å². The maximum Gasteiger partial charge on any atom is 0.472 e. The van der Waals surface area contributed by atoms with Crippen LogP contribution in [0.3, 0.4) is 0 Å². The predicted octanol–water partition coefficient (Wildman–Crippen LogP) is 23.7. The van der Waals surface area contributed by atoms with Crippen molar-refractivity contribution in [1.82, 2.24) is 0 Å². The summed E-state index contributed by atoms with van der Waals surface area (Å²) in [5.74, 6) is 0.289. The van der Waals surface area contributed by atoms with E-state index in [1.165, 1.54) is 218 Å². The van der Waals surface area contributed by atoms with Gasteiger partial charge in [-0.25, -0.2) is 9.13 Å². The molecule has 0 aromatic rings. The van der Waals surface area contributed by atoms with Crippen LogP contribution in [0.25, 0.3) is 0 Å². The lowest BCUT2D eigenvalue weighted by atomic mass is 9.99. The fourth-order valence-electron chi connectivity index (χ4n) is 12.2. The summed E-state index contributed by atoms with van der Waals surface area (Å²) in [5.41, 5.74) is 0. The Bertz CT molecular complexity index is 1930. The number of hydrogen-bond acceptors (Lipinski definition) is 15. The molecule has 0 rings (SSSR count). The second-order valence-corrected chi connectivity index (χ2v) is 32.7. The predicted molar refractivity (Wildman–Crippen MR) is 405 cm³/mol. The van der Waals surface area contributed by atoms with Crippen LogP contribution in [0.5, 0.6) is 0 Å².